The highest BCUT2D eigenvalue weighted by molar-refractivity contribution is 6.18. The number of piperidine rings is 1. The van der Waals surface area contributed by atoms with Crippen LogP contribution in [0, 0.1) is 6.92 Å². The third-order valence-electron chi connectivity index (χ3n) is 8.66. The Kier molecular flexibility index (Phi) is 8.50. The second-order valence-electron chi connectivity index (χ2n) is 12.3. The van der Waals surface area contributed by atoms with E-state index >= 15 is 0 Å². The summed E-state index contributed by atoms with van der Waals surface area (Å²) in [6.07, 6.45) is 1.01. The number of anilines is 2. The smallest absolute Gasteiger partial charge is 0.324 e. The van der Waals surface area contributed by atoms with Gasteiger partial charge in [-0.15, -0.1) is 0 Å². The Balaban J connectivity index is 1.41. The number of hydrogen-bond acceptors (Lipinski definition) is 4. The number of carbonyl (C=O) groups excluding carboxylic acids is 3. The predicted octanol–water partition coefficient (Wildman–Crippen LogP) is 6.68. The van der Waals surface area contributed by atoms with E-state index in [4.69, 9.17) is 0 Å². The van der Waals surface area contributed by atoms with Crippen LogP contribution in [0.15, 0.2) is 72.8 Å². The largest absolute Gasteiger partial charge is 0.332 e. The standard InChI is InChI=1S/C35H42N4O3/c1-24(2)29-12-9-13-30(25(3)4)32(29)36-31(40)23-38-33(41)35(39(34(38)42)28-16-14-26(5)15-17-28)18-20-37(21-19-35)22-27-10-7-6-8-11-27/h6-17,24-25H,18-23H2,1-5H3,(H,36,40). The summed E-state index contributed by atoms with van der Waals surface area (Å²) >= 11 is 0. The molecular formula is C35H42N4O3. The number of nitrogens with zero attached hydrogens (tertiary/aromatic N) is 3. The van der Waals surface area contributed by atoms with Gasteiger partial charge in [-0.05, 0) is 60.4 Å². The van der Waals surface area contributed by atoms with Gasteiger partial charge in [0.25, 0.3) is 5.91 Å². The van der Waals surface area contributed by atoms with Gasteiger partial charge in [-0.1, -0.05) is 93.9 Å². The van der Waals surface area contributed by atoms with Crippen LogP contribution in [-0.4, -0.2) is 52.8 Å². The van der Waals surface area contributed by atoms with Crippen molar-refractivity contribution in [3.05, 3.63) is 95.1 Å². The molecule has 220 valence electrons. The highest BCUT2D eigenvalue weighted by Crippen LogP contribution is 2.41. The first-order valence-corrected chi connectivity index (χ1v) is 15.0. The van der Waals surface area contributed by atoms with Crippen LogP contribution in [0.5, 0.6) is 0 Å². The minimum atomic E-state index is -1.02. The molecule has 0 bridgehead atoms. The molecule has 2 aliphatic rings. The lowest BCUT2D eigenvalue weighted by molar-refractivity contribution is -0.134. The summed E-state index contributed by atoms with van der Waals surface area (Å²) in [5.41, 5.74) is 4.83. The van der Waals surface area contributed by atoms with E-state index in [1.54, 1.807) is 4.90 Å². The average Bonchev–Trinajstić information content (AvgIpc) is 3.16. The third-order valence-corrected chi connectivity index (χ3v) is 8.66. The number of nitrogens with one attached hydrogen (secondary N) is 1. The quantitative estimate of drug-likeness (QED) is 0.309. The molecule has 3 aromatic carbocycles. The van der Waals surface area contributed by atoms with Crippen molar-refractivity contribution in [2.24, 2.45) is 0 Å². The summed E-state index contributed by atoms with van der Waals surface area (Å²) in [5, 5.41) is 3.09. The Hall–Kier alpha value is -3.97. The molecule has 0 unspecified atom stereocenters. The molecule has 1 spiro atoms. The van der Waals surface area contributed by atoms with Crippen LogP contribution >= 0.6 is 0 Å². The molecule has 2 fully saturated rings. The molecule has 2 saturated heterocycles. The summed E-state index contributed by atoms with van der Waals surface area (Å²) in [4.78, 5) is 46.9. The Morgan fingerprint density at radius 2 is 1.43 bits per heavy atom. The number of carbonyl (C=O) groups is 3. The fourth-order valence-corrected chi connectivity index (χ4v) is 6.31. The van der Waals surface area contributed by atoms with Crippen molar-refractivity contribution >= 4 is 29.2 Å². The Morgan fingerprint density at radius 3 is 2.00 bits per heavy atom. The zero-order valence-corrected chi connectivity index (χ0v) is 25.4. The van der Waals surface area contributed by atoms with E-state index in [9.17, 15) is 14.4 Å². The number of amides is 4. The fraction of sp³-hybridized carbons (Fsp3) is 0.400. The third kappa shape index (κ3) is 5.71. The number of hydrogen-bond donors (Lipinski definition) is 1. The highest BCUT2D eigenvalue weighted by Gasteiger charge is 2.59. The van der Waals surface area contributed by atoms with Gasteiger partial charge < -0.3 is 5.32 Å². The minimum absolute atomic E-state index is 0.204. The van der Waals surface area contributed by atoms with Crippen molar-refractivity contribution in [2.75, 3.05) is 29.9 Å². The van der Waals surface area contributed by atoms with Crippen molar-refractivity contribution in [1.82, 2.24) is 9.80 Å². The van der Waals surface area contributed by atoms with Gasteiger partial charge in [0.1, 0.15) is 12.1 Å². The van der Waals surface area contributed by atoms with E-state index < -0.39 is 11.6 Å². The summed E-state index contributed by atoms with van der Waals surface area (Å²) in [5.74, 6) is -0.247. The number of likely N-dealkylation sites (tertiary alicyclic amines) is 1. The molecule has 0 saturated carbocycles. The maximum absolute atomic E-state index is 14.2. The Bertz CT molecular complexity index is 1410. The second kappa shape index (κ2) is 12.1. The summed E-state index contributed by atoms with van der Waals surface area (Å²) < 4.78 is 0. The van der Waals surface area contributed by atoms with Gasteiger partial charge in [0.2, 0.25) is 5.91 Å². The Morgan fingerprint density at radius 1 is 0.833 bits per heavy atom. The summed E-state index contributed by atoms with van der Waals surface area (Å²) in [6.45, 7) is 12.2. The lowest BCUT2D eigenvalue weighted by atomic mass is 9.85. The molecule has 3 aromatic rings. The van der Waals surface area contributed by atoms with Crippen LogP contribution < -0.4 is 10.2 Å². The molecule has 0 aromatic heterocycles. The maximum Gasteiger partial charge on any atom is 0.332 e. The average molecular weight is 567 g/mol. The van der Waals surface area contributed by atoms with Crippen molar-refractivity contribution < 1.29 is 14.4 Å². The van der Waals surface area contributed by atoms with Gasteiger partial charge >= 0.3 is 6.03 Å². The molecular weight excluding hydrogens is 524 g/mol. The second-order valence-corrected chi connectivity index (χ2v) is 12.3. The lowest BCUT2D eigenvalue weighted by Crippen LogP contribution is -2.56. The number of aryl methyl sites for hydroxylation is 1. The first-order chi connectivity index (χ1) is 20.1. The zero-order chi connectivity index (χ0) is 30.0. The molecule has 42 heavy (non-hydrogen) atoms. The molecule has 2 aliphatic heterocycles. The van der Waals surface area contributed by atoms with Crippen molar-refractivity contribution in [2.45, 2.75) is 71.4 Å². The molecule has 0 aliphatic carbocycles. The molecule has 7 nitrogen and oxygen atoms in total. The van der Waals surface area contributed by atoms with E-state index in [0.717, 1.165) is 33.8 Å². The number of imide groups is 1. The first kappa shape index (κ1) is 29.5. The normalized spacial score (nSPS) is 17.1. The van der Waals surface area contributed by atoms with Gasteiger partial charge in [0.05, 0.1) is 0 Å². The van der Waals surface area contributed by atoms with E-state index in [-0.39, 0.29) is 30.2 Å². The van der Waals surface area contributed by atoms with E-state index in [2.05, 4.69) is 50.0 Å². The van der Waals surface area contributed by atoms with Crippen molar-refractivity contribution in [3.8, 4) is 0 Å². The van der Waals surface area contributed by atoms with Crippen LogP contribution in [0.2, 0.25) is 0 Å². The number of benzene rings is 3. The van der Waals surface area contributed by atoms with Gasteiger partial charge in [-0.2, -0.15) is 0 Å². The van der Waals surface area contributed by atoms with Crippen molar-refractivity contribution in [1.29, 1.82) is 0 Å². The predicted molar refractivity (Wildman–Crippen MR) is 168 cm³/mol. The summed E-state index contributed by atoms with van der Waals surface area (Å²) in [6, 6.07) is 23.6. The lowest BCUT2D eigenvalue weighted by Gasteiger charge is -2.42. The van der Waals surface area contributed by atoms with Crippen LogP contribution in [0.4, 0.5) is 16.2 Å². The topological polar surface area (TPSA) is 73.0 Å². The van der Waals surface area contributed by atoms with Gasteiger partial charge in [-0.25, -0.2) is 4.79 Å². The van der Waals surface area contributed by atoms with E-state index in [1.165, 1.54) is 5.56 Å². The highest BCUT2D eigenvalue weighted by atomic mass is 16.2. The molecule has 2 heterocycles. The molecule has 1 N–H and O–H groups in total. The number of urea groups is 1. The first-order valence-electron chi connectivity index (χ1n) is 15.0. The van der Waals surface area contributed by atoms with Crippen LogP contribution in [0.25, 0.3) is 0 Å². The van der Waals surface area contributed by atoms with Crippen LogP contribution in [0.3, 0.4) is 0 Å². The molecule has 5 rings (SSSR count). The molecule has 0 atom stereocenters. The van der Waals surface area contributed by atoms with Crippen LogP contribution in [0.1, 0.15) is 74.6 Å². The van der Waals surface area contributed by atoms with Gasteiger partial charge in [0.15, 0.2) is 0 Å². The van der Waals surface area contributed by atoms with Crippen LogP contribution in [-0.2, 0) is 16.1 Å². The van der Waals surface area contributed by atoms with E-state index in [0.29, 0.717) is 31.6 Å². The van der Waals surface area contributed by atoms with Gasteiger partial charge in [-0.3, -0.25) is 24.3 Å². The maximum atomic E-state index is 14.2. The monoisotopic (exact) mass is 566 g/mol. The van der Waals surface area contributed by atoms with Gasteiger partial charge in [0, 0.05) is 31.0 Å². The molecule has 7 heteroatoms. The molecule has 4 amide bonds. The van der Waals surface area contributed by atoms with E-state index in [1.807, 2.05) is 67.6 Å². The fourth-order valence-electron chi connectivity index (χ4n) is 6.31. The minimum Gasteiger partial charge on any atom is -0.324 e. The Labute approximate surface area is 249 Å². The van der Waals surface area contributed by atoms with Crippen molar-refractivity contribution in [3.63, 3.8) is 0 Å². The molecule has 0 radical (unpaired) electrons. The number of para-hydroxylation sites is 1. The number of rotatable bonds is 8. The SMILES string of the molecule is Cc1ccc(N2C(=O)N(CC(=O)Nc3c(C(C)C)cccc3C(C)C)C(=O)C23CCN(Cc2ccccc2)CC3)cc1. The zero-order valence-electron chi connectivity index (χ0n) is 25.4. The summed E-state index contributed by atoms with van der Waals surface area (Å²) in [7, 11) is 0.